The van der Waals surface area contributed by atoms with Crippen LogP contribution >= 0.6 is 34.8 Å². The van der Waals surface area contributed by atoms with Crippen molar-refractivity contribution in [3.05, 3.63) is 91.4 Å². The number of nitrogens with zero attached hydrogens (tertiary/aromatic N) is 4. The van der Waals surface area contributed by atoms with Gasteiger partial charge in [-0.15, -0.1) is 10.1 Å². The number of rotatable bonds is 6. The molecule has 1 fully saturated rings. The zero-order chi connectivity index (χ0) is 24.0. The average molecular weight is 518 g/mol. The van der Waals surface area contributed by atoms with Gasteiger partial charge in [-0.1, -0.05) is 53.0 Å². The molecule has 0 bridgehead atoms. The second-order valence-corrected chi connectivity index (χ2v) is 8.16. The number of halogens is 3. The van der Waals surface area contributed by atoms with Crippen LogP contribution in [-0.2, 0) is 26.5 Å². The maximum Gasteiger partial charge on any atom is 0.291 e. The van der Waals surface area contributed by atoms with Crippen molar-refractivity contribution in [2.75, 3.05) is 13.7 Å². The molecule has 0 saturated carbocycles. The maximum atomic E-state index is 8.36. The Morgan fingerprint density at radius 3 is 2.52 bits per heavy atom. The minimum atomic E-state index is -1.50. The van der Waals surface area contributed by atoms with Crippen molar-refractivity contribution in [2.24, 2.45) is 0 Å². The molecule has 1 saturated heterocycles. The molecule has 33 heavy (non-hydrogen) atoms. The highest BCUT2D eigenvalue weighted by molar-refractivity contribution is 6.35. The Bertz CT molecular complexity index is 1070. The molecule has 1 aromatic heterocycles. The molecule has 10 nitrogen and oxygen atoms in total. The van der Waals surface area contributed by atoms with Crippen LogP contribution in [-0.4, -0.2) is 44.9 Å². The third-order valence-corrected chi connectivity index (χ3v) is 5.59. The predicted octanol–water partition coefficient (Wildman–Crippen LogP) is 4.55. The molecule has 0 aliphatic carbocycles. The van der Waals surface area contributed by atoms with Crippen molar-refractivity contribution in [3.8, 4) is 0 Å². The van der Waals surface area contributed by atoms with Crippen molar-refractivity contribution in [1.29, 1.82) is 0 Å². The Morgan fingerprint density at radius 1 is 1.27 bits per heavy atom. The lowest BCUT2D eigenvalue weighted by Gasteiger charge is -2.30. The molecule has 1 aliphatic heterocycles. The molecule has 0 amide bonds. The molecule has 2 aromatic carbocycles. The van der Waals surface area contributed by atoms with Crippen LogP contribution in [0.2, 0.25) is 15.1 Å². The van der Waals surface area contributed by atoms with Gasteiger partial charge < -0.3 is 19.4 Å². The van der Waals surface area contributed by atoms with Crippen molar-refractivity contribution < 1.29 is 24.5 Å². The zero-order valence-electron chi connectivity index (χ0n) is 17.2. The fourth-order valence-electron chi connectivity index (χ4n) is 3.47. The summed E-state index contributed by atoms with van der Waals surface area (Å²) in [5.74, 6) is -1.16. The molecule has 2 heterocycles. The molecule has 3 aromatic rings. The first-order valence-corrected chi connectivity index (χ1v) is 10.6. The molecule has 4 rings (SSSR count). The Balaban J connectivity index is 0.000000709. The van der Waals surface area contributed by atoms with Gasteiger partial charge in [0.15, 0.2) is 0 Å². The Hall–Kier alpha value is -2.47. The van der Waals surface area contributed by atoms with E-state index < -0.39 is 10.9 Å². The molecule has 0 radical (unpaired) electrons. The minimum Gasteiger partial charge on any atom is -0.374 e. The normalized spacial score (nSPS) is 20.7. The Labute approximate surface area is 203 Å². The fourth-order valence-corrected chi connectivity index (χ4v) is 4.15. The third-order valence-electron chi connectivity index (χ3n) is 4.79. The van der Waals surface area contributed by atoms with Crippen molar-refractivity contribution in [3.63, 3.8) is 0 Å². The van der Waals surface area contributed by atoms with Crippen LogP contribution < -0.4 is 0 Å². The molecule has 1 unspecified atom stereocenters. The van der Waals surface area contributed by atoms with Crippen LogP contribution in [0.3, 0.4) is 0 Å². The molecule has 13 heteroatoms. The first-order valence-electron chi connectivity index (χ1n) is 9.45. The van der Waals surface area contributed by atoms with Crippen LogP contribution in [0.5, 0.6) is 0 Å². The standard InChI is InChI=1S/C20H18Cl3N3O3.HNO3/c1-27-19(13-2-4-14(21)5-3-13)18-9-28-20(29-18,10-26-12-24-11-25-26)16-7-6-15(22)8-17(16)23;2-1(3)4/h2-8,11-12,18-19H,9-10H2,1H3;(H,2,3,4)/t18-,19?,20+;/m0./s1. The summed E-state index contributed by atoms with van der Waals surface area (Å²) in [7, 11) is 1.63. The van der Waals surface area contributed by atoms with Gasteiger partial charge in [0.25, 0.3) is 5.09 Å². The first kappa shape index (κ1) is 25.2. The van der Waals surface area contributed by atoms with Crippen molar-refractivity contribution in [1.82, 2.24) is 14.8 Å². The first-order chi connectivity index (χ1) is 15.7. The smallest absolute Gasteiger partial charge is 0.291 e. The van der Waals surface area contributed by atoms with Crippen molar-refractivity contribution in [2.45, 2.75) is 24.5 Å². The van der Waals surface area contributed by atoms with Crippen molar-refractivity contribution >= 4 is 34.8 Å². The molecular weight excluding hydrogens is 499 g/mol. The summed E-state index contributed by atoms with van der Waals surface area (Å²) in [6.07, 6.45) is 2.32. The minimum absolute atomic E-state index is 0.266. The van der Waals surface area contributed by atoms with Gasteiger partial charge in [0.05, 0.1) is 11.6 Å². The van der Waals surface area contributed by atoms with Gasteiger partial charge in [0, 0.05) is 22.7 Å². The number of methoxy groups -OCH3 is 1. The van der Waals surface area contributed by atoms with E-state index in [9.17, 15) is 0 Å². The summed E-state index contributed by atoms with van der Waals surface area (Å²) in [6.45, 7) is 0.566. The summed E-state index contributed by atoms with van der Waals surface area (Å²) < 4.78 is 20.1. The Kier molecular flexibility index (Phi) is 8.46. The highest BCUT2D eigenvalue weighted by atomic mass is 35.5. The molecule has 0 spiro atoms. The number of ether oxygens (including phenoxy) is 3. The Morgan fingerprint density at radius 2 is 1.94 bits per heavy atom. The van der Waals surface area contributed by atoms with Crippen LogP contribution in [0.15, 0.2) is 55.1 Å². The summed E-state index contributed by atoms with van der Waals surface area (Å²) in [5.41, 5.74) is 1.59. The van der Waals surface area contributed by atoms with E-state index in [0.717, 1.165) is 5.56 Å². The van der Waals surface area contributed by atoms with Gasteiger partial charge >= 0.3 is 0 Å². The lowest BCUT2D eigenvalue weighted by Crippen LogP contribution is -2.35. The maximum absolute atomic E-state index is 8.36. The van der Waals surface area contributed by atoms with E-state index in [2.05, 4.69) is 10.1 Å². The summed E-state index contributed by atoms with van der Waals surface area (Å²) in [4.78, 5) is 12.4. The third kappa shape index (κ3) is 6.32. The quantitative estimate of drug-likeness (QED) is 0.373. The van der Waals surface area contributed by atoms with E-state index in [1.807, 2.05) is 24.3 Å². The van der Waals surface area contributed by atoms with Gasteiger partial charge in [-0.2, -0.15) is 5.10 Å². The second kappa shape index (κ2) is 11.1. The number of benzene rings is 2. The van der Waals surface area contributed by atoms with E-state index in [1.165, 1.54) is 6.33 Å². The SMILES string of the molecule is COC(c1ccc(Cl)cc1)[C@@H]1CO[C@@](Cn2cncn2)(c2ccc(Cl)cc2Cl)O1.O=[N+]([O-])O. The van der Waals surface area contributed by atoms with Gasteiger partial charge in [0.1, 0.15) is 31.4 Å². The topological polar surface area (TPSA) is 122 Å². The van der Waals surface area contributed by atoms with Crippen LogP contribution in [0, 0.1) is 10.1 Å². The van der Waals surface area contributed by atoms with Crippen LogP contribution in [0.25, 0.3) is 0 Å². The molecule has 3 atom stereocenters. The van der Waals surface area contributed by atoms with Gasteiger partial charge in [-0.05, 0) is 29.8 Å². The second-order valence-electron chi connectivity index (χ2n) is 6.88. The van der Waals surface area contributed by atoms with E-state index in [0.29, 0.717) is 27.2 Å². The number of aromatic nitrogens is 3. The molecule has 1 N–H and O–H groups in total. The lowest BCUT2D eigenvalue weighted by molar-refractivity contribution is -0.742. The van der Waals surface area contributed by atoms with E-state index >= 15 is 0 Å². The number of hydrogen-bond acceptors (Lipinski definition) is 7. The highest BCUT2D eigenvalue weighted by Crippen LogP contribution is 2.43. The van der Waals surface area contributed by atoms with E-state index in [1.54, 1.807) is 36.3 Å². The highest BCUT2D eigenvalue weighted by Gasteiger charge is 2.48. The van der Waals surface area contributed by atoms with Crippen LogP contribution in [0.4, 0.5) is 0 Å². The molecular formula is C20H19Cl3N4O6. The molecule has 176 valence electrons. The summed E-state index contributed by atoms with van der Waals surface area (Å²) in [5, 5.41) is 19.4. The lowest BCUT2D eigenvalue weighted by atomic mass is 10.0. The summed E-state index contributed by atoms with van der Waals surface area (Å²) >= 11 is 18.6. The van der Waals surface area contributed by atoms with Gasteiger partial charge in [-0.25, -0.2) is 9.67 Å². The zero-order valence-corrected chi connectivity index (χ0v) is 19.4. The predicted molar refractivity (Wildman–Crippen MR) is 119 cm³/mol. The van der Waals surface area contributed by atoms with Gasteiger partial charge in [-0.3, -0.25) is 0 Å². The van der Waals surface area contributed by atoms with E-state index in [-0.39, 0.29) is 18.8 Å². The molecule has 1 aliphatic rings. The van der Waals surface area contributed by atoms with E-state index in [4.69, 9.17) is 64.3 Å². The summed E-state index contributed by atoms with van der Waals surface area (Å²) in [6, 6.07) is 12.7. The fraction of sp³-hybridized carbons (Fsp3) is 0.300. The number of hydrogen-bond donors (Lipinski definition) is 1. The average Bonchev–Trinajstić information content (AvgIpc) is 3.41. The van der Waals surface area contributed by atoms with Crippen LogP contribution in [0.1, 0.15) is 17.2 Å². The monoisotopic (exact) mass is 516 g/mol. The largest absolute Gasteiger partial charge is 0.374 e. The van der Waals surface area contributed by atoms with Gasteiger partial charge in [0.2, 0.25) is 5.79 Å².